The molecule has 1 unspecified atom stereocenters. The molecule has 0 saturated heterocycles. The zero-order valence-electron chi connectivity index (χ0n) is 12.9. The molecule has 2 aromatic rings. The number of imidazole rings is 1. The lowest BCUT2D eigenvalue weighted by molar-refractivity contribution is 0.541. The van der Waals surface area contributed by atoms with Crippen LogP contribution in [-0.4, -0.2) is 9.55 Å². The molecule has 1 aliphatic rings. The van der Waals surface area contributed by atoms with Gasteiger partial charge in [-0.3, -0.25) is 0 Å². The molecule has 112 valence electrons. The highest BCUT2D eigenvalue weighted by Gasteiger charge is 2.17. The van der Waals surface area contributed by atoms with Gasteiger partial charge in [-0.1, -0.05) is 37.6 Å². The lowest BCUT2D eigenvalue weighted by Crippen LogP contribution is -2.19. The molecule has 21 heavy (non-hydrogen) atoms. The molecule has 0 amide bonds. The van der Waals surface area contributed by atoms with E-state index in [1.54, 1.807) is 0 Å². The van der Waals surface area contributed by atoms with Gasteiger partial charge in [0.2, 0.25) is 0 Å². The first-order valence-electron chi connectivity index (χ1n) is 8.15. The number of aromatic nitrogens is 2. The van der Waals surface area contributed by atoms with Crippen LogP contribution in [0.2, 0.25) is 0 Å². The lowest BCUT2D eigenvalue weighted by Gasteiger charge is -2.18. The number of benzene rings is 1. The molecule has 0 fully saturated rings. The van der Waals surface area contributed by atoms with Crippen LogP contribution in [0, 0.1) is 0 Å². The summed E-state index contributed by atoms with van der Waals surface area (Å²) in [4.78, 5) is 4.55. The molecule has 1 aliphatic carbocycles. The van der Waals surface area contributed by atoms with Gasteiger partial charge in [0.1, 0.15) is 0 Å². The highest BCUT2D eigenvalue weighted by atomic mass is 15.1. The van der Waals surface area contributed by atoms with E-state index in [2.05, 4.69) is 40.7 Å². The molecule has 0 spiro atoms. The van der Waals surface area contributed by atoms with Crippen molar-refractivity contribution in [2.75, 3.05) is 0 Å². The molecular weight excluding hydrogens is 258 g/mol. The summed E-state index contributed by atoms with van der Waals surface area (Å²) in [5.74, 6) is 0. The van der Waals surface area contributed by atoms with Crippen molar-refractivity contribution in [3.05, 3.63) is 53.1 Å². The van der Waals surface area contributed by atoms with Crippen molar-refractivity contribution in [2.45, 2.75) is 58.0 Å². The van der Waals surface area contributed by atoms with Crippen LogP contribution in [0.5, 0.6) is 0 Å². The summed E-state index contributed by atoms with van der Waals surface area (Å²) in [7, 11) is 0. The minimum absolute atomic E-state index is 0.0425. The average Bonchev–Trinajstić information content (AvgIpc) is 2.92. The Hall–Kier alpha value is -1.61. The van der Waals surface area contributed by atoms with E-state index in [9.17, 15) is 0 Å². The number of fused-ring (bicyclic) bond motifs is 1. The maximum absolute atomic E-state index is 6.39. The molecule has 2 N–H and O–H groups in total. The molecule has 1 aromatic carbocycles. The molecule has 1 heterocycles. The Morgan fingerprint density at radius 3 is 2.71 bits per heavy atom. The highest BCUT2D eigenvalue weighted by Crippen LogP contribution is 2.22. The molecule has 1 aromatic heterocycles. The van der Waals surface area contributed by atoms with E-state index < -0.39 is 0 Å². The predicted molar refractivity (Wildman–Crippen MR) is 86.2 cm³/mol. The second-order valence-corrected chi connectivity index (χ2v) is 6.10. The third kappa shape index (κ3) is 3.18. The van der Waals surface area contributed by atoms with Crippen LogP contribution in [0.3, 0.4) is 0 Å². The predicted octanol–water partition coefficient (Wildman–Crippen LogP) is 3.41. The van der Waals surface area contributed by atoms with Crippen LogP contribution in [0.25, 0.3) is 0 Å². The van der Waals surface area contributed by atoms with Crippen LogP contribution in [0.4, 0.5) is 0 Å². The normalized spacial score (nSPS) is 15.7. The number of hydrogen-bond acceptors (Lipinski definition) is 2. The standard InChI is InChI=1S/C18H25N3/c1-2-5-14-8-10-15(11-9-14)16(19)12-21-13-20-17-6-3-4-7-18(17)21/h8-11,13,16H,2-7,12,19H2,1H3. The van der Waals surface area contributed by atoms with Gasteiger partial charge in [0.25, 0.3) is 0 Å². The van der Waals surface area contributed by atoms with Gasteiger partial charge in [0, 0.05) is 18.3 Å². The Kier molecular flexibility index (Phi) is 4.39. The van der Waals surface area contributed by atoms with Crippen LogP contribution in [-0.2, 0) is 25.8 Å². The van der Waals surface area contributed by atoms with Gasteiger partial charge in [-0.05, 0) is 43.2 Å². The summed E-state index contributed by atoms with van der Waals surface area (Å²) in [6.07, 6.45) is 9.13. The summed E-state index contributed by atoms with van der Waals surface area (Å²) in [5.41, 5.74) is 11.7. The first-order chi connectivity index (χ1) is 10.3. The highest BCUT2D eigenvalue weighted by molar-refractivity contribution is 5.25. The van der Waals surface area contributed by atoms with E-state index in [0.29, 0.717) is 0 Å². The van der Waals surface area contributed by atoms with Crippen molar-refractivity contribution in [3.63, 3.8) is 0 Å². The van der Waals surface area contributed by atoms with Gasteiger partial charge in [-0.2, -0.15) is 0 Å². The molecule has 0 saturated carbocycles. The fraction of sp³-hybridized carbons (Fsp3) is 0.500. The summed E-state index contributed by atoms with van der Waals surface area (Å²) >= 11 is 0. The van der Waals surface area contributed by atoms with E-state index in [1.807, 2.05) is 6.33 Å². The van der Waals surface area contributed by atoms with Crippen molar-refractivity contribution in [1.29, 1.82) is 0 Å². The maximum Gasteiger partial charge on any atom is 0.0952 e. The van der Waals surface area contributed by atoms with Crippen molar-refractivity contribution >= 4 is 0 Å². The largest absolute Gasteiger partial charge is 0.332 e. The molecule has 0 aliphatic heterocycles. The van der Waals surface area contributed by atoms with E-state index in [0.717, 1.165) is 25.8 Å². The number of rotatable bonds is 5. The Labute approximate surface area is 127 Å². The summed E-state index contributed by atoms with van der Waals surface area (Å²) in [6, 6.07) is 8.82. The maximum atomic E-state index is 6.39. The monoisotopic (exact) mass is 283 g/mol. The van der Waals surface area contributed by atoms with Crippen LogP contribution in [0.1, 0.15) is 54.7 Å². The van der Waals surface area contributed by atoms with Gasteiger partial charge < -0.3 is 10.3 Å². The molecule has 3 nitrogen and oxygen atoms in total. The Bertz CT molecular complexity index is 583. The minimum atomic E-state index is 0.0425. The van der Waals surface area contributed by atoms with E-state index >= 15 is 0 Å². The third-order valence-corrected chi connectivity index (χ3v) is 4.45. The quantitative estimate of drug-likeness (QED) is 0.913. The first kappa shape index (κ1) is 14.3. The number of hydrogen-bond donors (Lipinski definition) is 1. The van der Waals surface area contributed by atoms with Crippen LogP contribution >= 0.6 is 0 Å². The average molecular weight is 283 g/mol. The Morgan fingerprint density at radius 2 is 1.95 bits per heavy atom. The number of nitrogens with zero attached hydrogens (tertiary/aromatic N) is 2. The van der Waals surface area contributed by atoms with Gasteiger partial charge in [0.15, 0.2) is 0 Å². The Balaban J connectivity index is 1.71. The van der Waals surface area contributed by atoms with Crippen LogP contribution in [0.15, 0.2) is 30.6 Å². The van der Waals surface area contributed by atoms with Gasteiger partial charge in [-0.15, -0.1) is 0 Å². The molecule has 0 bridgehead atoms. The fourth-order valence-electron chi connectivity index (χ4n) is 3.23. The molecule has 0 radical (unpaired) electrons. The van der Waals surface area contributed by atoms with Gasteiger partial charge >= 0.3 is 0 Å². The van der Waals surface area contributed by atoms with Crippen molar-refractivity contribution < 1.29 is 0 Å². The van der Waals surface area contributed by atoms with Crippen molar-refractivity contribution in [1.82, 2.24) is 9.55 Å². The molecule has 3 heteroatoms. The molecular formula is C18H25N3. The smallest absolute Gasteiger partial charge is 0.0952 e. The number of nitrogens with two attached hydrogens (primary N) is 1. The van der Waals surface area contributed by atoms with E-state index in [4.69, 9.17) is 5.73 Å². The number of aryl methyl sites for hydroxylation is 2. The first-order valence-corrected chi connectivity index (χ1v) is 8.15. The van der Waals surface area contributed by atoms with Crippen molar-refractivity contribution in [2.24, 2.45) is 5.73 Å². The van der Waals surface area contributed by atoms with Gasteiger partial charge in [0.05, 0.1) is 12.0 Å². The minimum Gasteiger partial charge on any atom is -0.332 e. The summed E-state index contributed by atoms with van der Waals surface area (Å²) < 4.78 is 2.26. The lowest BCUT2D eigenvalue weighted by atomic mass is 10.0. The summed E-state index contributed by atoms with van der Waals surface area (Å²) in [6.45, 7) is 3.04. The summed E-state index contributed by atoms with van der Waals surface area (Å²) in [5, 5.41) is 0. The SMILES string of the molecule is CCCc1ccc(C(N)Cn2cnc3c2CCCC3)cc1. The fourth-order valence-corrected chi connectivity index (χ4v) is 3.23. The van der Waals surface area contributed by atoms with Crippen LogP contribution < -0.4 is 5.73 Å². The third-order valence-electron chi connectivity index (χ3n) is 4.45. The van der Waals surface area contributed by atoms with Crippen molar-refractivity contribution in [3.8, 4) is 0 Å². The van der Waals surface area contributed by atoms with Gasteiger partial charge in [-0.25, -0.2) is 4.98 Å². The topological polar surface area (TPSA) is 43.8 Å². The molecule has 3 rings (SSSR count). The zero-order chi connectivity index (χ0) is 14.7. The second-order valence-electron chi connectivity index (χ2n) is 6.10. The molecule has 1 atom stereocenters. The second kappa shape index (κ2) is 6.44. The van der Waals surface area contributed by atoms with E-state index in [-0.39, 0.29) is 6.04 Å². The zero-order valence-corrected chi connectivity index (χ0v) is 12.9. The Morgan fingerprint density at radius 1 is 1.19 bits per heavy atom. The van der Waals surface area contributed by atoms with E-state index in [1.165, 1.54) is 41.8 Å².